The predicted octanol–water partition coefficient (Wildman–Crippen LogP) is 16.8. The van der Waals surface area contributed by atoms with Crippen LogP contribution in [0.3, 0.4) is 0 Å². The van der Waals surface area contributed by atoms with Crippen LogP contribution >= 0.6 is 0 Å². The second-order valence-electron chi connectivity index (χ2n) is 18.6. The molecular formula is C66H42N2. The van der Waals surface area contributed by atoms with Gasteiger partial charge >= 0.3 is 0 Å². The second-order valence-corrected chi connectivity index (χ2v) is 18.6. The van der Waals surface area contributed by atoms with Crippen molar-refractivity contribution in [3.05, 3.63) is 299 Å². The maximum absolute atomic E-state index is 2.62. The molecule has 0 aromatic heterocycles. The van der Waals surface area contributed by atoms with E-state index in [1.807, 2.05) is 0 Å². The highest BCUT2D eigenvalue weighted by molar-refractivity contribution is 6.09. The van der Waals surface area contributed by atoms with Crippen LogP contribution in [0.5, 0.6) is 0 Å². The molecule has 1 aliphatic heterocycles. The largest absolute Gasteiger partial charge is 0.310 e. The monoisotopic (exact) mass is 862 g/mol. The predicted molar refractivity (Wildman–Crippen MR) is 280 cm³/mol. The third-order valence-corrected chi connectivity index (χ3v) is 15.6. The molecule has 0 unspecified atom stereocenters. The highest BCUT2D eigenvalue weighted by Gasteiger charge is 2.54. The van der Waals surface area contributed by atoms with Crippen molar-refractivity contribution in [2.75, 3.05) is 9.80 Å². The summed E-state index contributed by atoms with van der Waals surface area (Å²) in [6.07, 6.45) is 0. The Morgan fingerprint density at radius 1 is 0.265 bits per heavy atom. The number of anilines is 6. The molecule has 316 valence electrons. The fourth-order valence-corrected chi connectivity index (χ4v) is 13.3. The SMILES string of the molecule is c1ccc(N2c3ccccc3C3(c4ccccc4-c4c(N(c5cccc6c5-c5ccccc5C65c6ccccc6-c6ccccc65)c5cccc6ccccc56)cccc43)c3ccccc32)cc1. The molecule has 11 aromatic rings. The van der Waals surface area contributed by atoms with Crippen molar-refractivity contribution >= 4 is 44.9 Å². The third-order valence-electron chi connectivity index (χ3n) is 15.6. The first-order valence-corrected chi connectivity index (χ1v) is 23.8. The van der Waals surface area contributed by atoms with E-state index >= 15 is 0 Å². The summed E-state index contributed by atoms with van der Waals surface area (Å²) >= 11 is 0. The van der Waals surface area contributed by atoms with Gasteiger partial charge in [0.15, 0.2) is 0 Å². The lowest BCUT2D eigenvalue weighted by atomic mass is 9.64. The van der Waals surface area contributed by atoms with Crippen LogP contribution in [0, 0.1) is 0 Å². The number of rotatable bonds is 4. The fourth-order valence-electron chi connectivity index (χ4n) is 13.3. The van der Waals surface area contributed by atoms with Gasteiger partial charge in [0.25, 0.3) is 0 Å². The maximum atomic E-state index is 2.62. The van der Waals surface area contributed by atoms with Crippen LogP contribution in [0.1, 0.15) is 44.5 Å². The van der Waals surface area contributed by atoms with Gasteiger partial charge in [-0.1, -0.05) is 212 Å². The van der Waals surface area contributed by atoms with Crippen LogP contribution in [0.4, 0.5) is 34.1 Å². The molecule has 11 aromatic carbocycles. The van der Waals surface area contributed by atoms with Crippen LogP contribution in [0.2, 0.25) is 0 Å². The Morgan fingerprint density at radius 3 is 1.19 bits per heavy atom. The van der Waals surface area contributed by atoms with Gasteiger partial charge in [0.1, 0.15) is 0 Å². The number of hydrogen-bond donors (Lipinski definition) is 0. The summed E-state index contributed by atoms with van der Waals surface area (Å²) in [5.41, 5.74) is 24.1. The van der Waals surface area contributed by atoms with Crippen molar-refractivity contribution in [3.8, 4) is 33.4 Å². The molecule has 0 fully saturated rings. The van der Waals surface area contributed by atoms with E-state index in [1.54, 1.807) is 0 Å². The number of hydrogen-bond acceptors (Lipinski definition) is 2. The van der Waals surface area contributed by atoms with Crippen LogP contribution in [-0.4, -0.2) is 0 Å². The summed E-state index contributed by atoms with van der Waals surface area (Å²) in [5.74, 6) is 0. The second kappa shape index (κ2) is 13.9. The molecule has 0 bridgehead atoms. The van der Waals surface area contributed by atoms with Gasteiger partial charge in [0, 0.05) is 22.2 Å². The van der Waals surface area contributed by atoms with Crippen molar-refractivity contribution < 1.29 is 0 Å². The van der Waals surface area contributed by atoms with Gasteiger partial charge in [0.05, 0.1) is 39.3 Å². The van der Waals surface area contributed by atoms with E-state index in [9.17, 15) is 0 Å². The first-order valence-electron chi connectivity index (χ1n) is 23.8. The van der Waals surface area contributed by atoms with Gasteiger partial charge in [-0.2, -0.15) is 0 Å². The average Bonchev–Trinajstić information content (AvgIpc) is 4.00. The highest BCUT2D eigenvalue weighted by Crippen LogP contribution is 2.68. The highest BCUT2D eigenvalue weighted by atomic mass is 15.2. The first-order chi connectivity index (χ1) is 33.8. The zero-order valence-corrected chi connectivity index (χ0v) is 37.1. The van der Waals surface area contributed by atoms with Crippen LogP contribution in [0.15, 0.2) is 255 Å². The van der Waals surface area contributed by atoms with E-state index in [4.69, 9.17) is 0 Å². The molecule has 2 nitrogen and oxygen atoms in total. The van der Waals surface area contributed by atoms with E-state index in [-0.39, 0.29) is 0 Å². The molecule has 0 amide bonds. The van der Waals surface area contributed by atoms with Crippen molar-refractivity contribution in [2.24, 2.45) is 0 Å². The van der Waals surface area contributed by atoms with Crippen molar-refractivity contribution in [3.63, 3.8) is 0 Å². The lowest BCUT2D eigenvalue weighted by molar-refractivity contribution is 0.752. The van der Waals surface area contributed by atoms with Gasteiger partial charge in [0.2, 0.25) is 0 Å². The summed E-state index contributed by atoms with van der Waals surface area (Å²) < 4.78 is 0. The van der Waals surface area contributed by atoms with Gasteiger partial charge < -0.3 is 9.80 Å². The van der Waals surface area contributed by atoms with Crippen LogP contribution < -0.4 is 9.80 Å². The van der Waals surface area contributed by atoms with Gasteiger partial charge in [-0.3, -0.25) is 0 Å². The molecular weight excluding hydrogens is 821 g/mol. The maximum Gasteiger partial charge on any atom is 0.0755 e. The molecule has 4 aliphatic rings. The quantitative estimate of drug-likeness (QED) is 0.174. The van der Waals surface area contributed by atoms with E-state index in [0.29, 0.717) is 0 Å². The summed E-state index contributed by atoms with van der Waals surface area (Å²) in [4.78, 5) is 5.08. The van der Waals surface area contributed by atoms with Gasteiger partial charge in [-0.25, -0.2) is 0 Å². The lowest BCUT2D eigenvalue weighted by Gasteiger charge is -2.45. The third kappa shape index (κ3) is 4.61. The molecule has 0 N–H and O–H groups in total. The minimum atomic E-state index is -0.600. The number of nitrogens with zero attached hydrogens (tertiary/aromatic N) is 2. The Hall–Kier alpha value is -8.72. The summed E-state index contributed by atoms with van der Waals surface area (Å²) in [5, 5.41) is 2.41. The van der Waals surface area contributed by atoms with Gasteiger partial charge in [-0.05, 0) is 115 Å². The minimum absolute atomic E-state index is 0.477. The Balaban J connectivity index is 1.06. The van der Waals surface area contributed by atoms with E-state index in [0.717, 1.165) is 22.7 Å². The fraction of sp³-hybridized carbons (Fsp3) is 0.0303. The molecule has 0 atom stereocenters. The Morgan fingerprint density at radius 2 is 0.632 bits per heavy atom. The van der Waals surface area contributed by atoms with E-state index in [1.165, 1.54) is 100 Å². The molecule has 68 heavy (non-hydrogen) atoms. The minimum Gasteiger partial charge on any atom is -0.310 e. The average molecular weight is 863 g/mol. The topological polar surface area (TPSA) is 6.48 Å². The number of benzene rings is 11. The molecule has 2 heteroatoms. The van der Waals surface area contributed by atoms with Crippen molar-refractivity contribution in [1.29, 1.82) is 0 Å². The Labute approximate surface area is 396 Å². The Kier molecular flexibility index (Phi) is 7.67. The molecule has 1 heterocycles. The zero-order chi connectivity index (χ0) is 44.6. The summed E-state index contributed by atoms with van der Waals surface area (Å²) in [6.45, 7) is 0. The van der Waals surface area contributed by atoms with Crippen LogP contribution in [-0.2, 0) is 10.8 Å². The summed E-state index contributed by atoms with van der Waals surface area (Å²) in [6, 6.07) is 95.6. The molecule has 2 spiro atoms. The smallest absolute Gasteiger partial charge is 0.0755 e. The number of para-hydroxylation sites is 3. The molecule has 3 aliphatic carbocycles. The standard InChI is InChI=1S/C66H42N2/c1-2-23-44(24-3-1)67-59-38-16-14-34-54(59)66(55-35-15-17-39-60(55)67)53-33-13-9-29-49(53)64-57(66)37-20-42-62(64)68(58-40-18-22-43-21-4-5-25-45(43)58)61-41-19-36-56-63(61)48-28-8-12-32-52(48)65(56)50-30-10-6-26-46(50)47-27-7-11-31-51(47)65/h1-42H. The normalized spacial score (nSPS) is 14.4. The molecule has 0 radical (unpaired) electrons. The Bertz CT molecular complexity index is 3800. The van der Waals surface area contributed by atoms with Crippen molar-refractivity contribution in [2.45, 2.75) is 10.8 Å². The van der Waals surface area contributed by atoms with E-state index < -0.39 is 10.8 Å². The first kappa shape index (κ1) is 37.5. The van der Waals surface area contributed by atoms with Crippen LogP contribution in [0.25, 0.3) is 44.2 Å². The lowest BCUT2D eigenvalue weighted by Crippen LogP contribution is -2.36. The van der Waals surface area contributed by atoms with Gasteiger partial charge in [-0.15, -0.1) is 0 Å². The molecule has 0 saturated heterocycles. The molecule has 15 rings (SSSR count). The molecule has 0 saturated carbocycles. The zero-order valence-electron chi connectivity index (χ0n) is 37.1. The number of fused-ring (bicyclic) bond motifs is 20. The van der Waals surface area contributed by atoms with E-state index in [2.05, 4.69) is 265 Å². The summed E-state index contributed by atoms with van der Waals surface area (Å²) in [7, 11) is 0. The van der Waals surface area contributed by atoms with Crippen molar-refractivity contribution in [1.82, 2.24) is 0 Å².